The maximum Gasteiger partial charge on any atom is 0.0543 e. The molecule has 0 saturated heterocycles. The first-order valence-corrected chi connectivity index (χ1v) is 15.5. The van der Waals surface area contributed by atoms with Crippen molar-refractivity contribution in [3.63, 3.8) is 0 Å². The number of para-hydroxylation sites is 1. The molecule has 4 aliphatic carbocycles. The Morgan fingerprint density at radius 2 is 0.892 bits per heavy atom. The van der Waals surface area contributed by atoms with Crippen LogP contribution in [-0.4, -0.2) is 57.9 Å². The highest BCUT2D eigenvalue weighted by molar-refractivity contribution is 5.45. The summed E-state index contributed by atoms with van der Waals surface area (Å²) < 4.78 is 0. The Balaban J connectivity index is 1.28. The fourth-order valence-corrected chi connectivity index (χ4v) is 8.85. The molecule has 4 saturated carbocycles. The fourth-order valence-electron chi connectivity index (χ4n) is 8.85. The van der Waals surface area contributed by atoms with Gasteiger partial charge in [-0.15, -0.1) is 0 Å². The third-order valence-electron chi connectivity index (χ3n) is 10.8. The van der Waals surface area contributed by atoms with E-state index in [4.69, 9.17) is 0 Å². The van der Waals surface area contributed by atoms with Gasteiger partial charge in [-0.1, -0.05) is 18.2 Å². The van der Waals surface area contributed by atoms with Crippen LogP contribution in [0.4, 0.5) is 5.69 Å². The van der Waals surface area contributed by atoms with E-state index in [0.717, 1.165) is 103 Å². The summed E-state index contributed by atoms with van der Waals surface area (Å²) in [6.45, 7) is 2.03. The molecule has 1 aromatic rings. The normalized spacial score (nSPS) is 37.7. The maximum absolute atomic E-state index is 10.3. The largest absolute Gasteiger partial charge is 0.393 e. The van der Waals surface area contributed by atoms with Gasteiger partial charge in [0.15, 0.2) is 0 Å². The van der Waals surface area contributed by atoms with E-state index in [2.05, 4.69) is 35.2 Å². The van der Waals surface area contributed by atoms with Crippen LogP contribution >= 0.6 is 0 Å². The molecule has 0 aromatic heterocycles. The minimum Gasteiger partial charge on any atom is -0.393 e. The Bertz CT molecular complexity index is 732. The van der Waals surface area contributed by atoms with E-state index in [0.29, 0.717) is 35.5 Å². The zero-order valence-electron chi connectivity index (χ0n) is 22.7. The predicted molar refractivity (Wildman–Crippen MR) is 148 cm³/mol. The summed E-state index contributed by atoms with van der Waals surface area (Å²) in [4.78, 5) is 2.59. The molecule has 0 bridgehead atoms. The summed E-state index contributed by atoms with van der Waals surface area (Å²) >= 11 is 0. The first-order valence-electron chi connectivity index (χ1n) is 15.5. The van der Waals surface area contributed by atoms with Gasteiger partial charge in [0.05, 0.1) is 24.4 Å². The Morgan fingerprint density at radius 1 is 0.541 bits per heavy atom. The molecule has 0 spiro atoms. The predicted octanol–water partition coefficient (Wildman–Crippen LogP) is 5.15. The van der Waals surface area contributed by atoms with Crippen molar-refractivity contribution in [3.05, 3.63) is 30.3 Å². The molecule has 0 radical (unpaired) electrons. The van der Waals surface area contributed by atoms with Gasteiger partial charge in [-0.2, -0.15) is 0 Å². The number of rotatable bonds is 11. The van der Waals surface area contributed by atoms with Crippen molar-refractivity contribution in [2.24, 2.45) is 35.5 Å². The molecule has 5 heteroatoms. The number of benzene rings is 1. The molecule has 4 aliphatic rings. The molecular formula is C32H51NO4. The van der Waals surface area contributed by atoms with Crippen molar-refractivity contribution >= 4 is 5.69 Å². The summed E-state index contributed by atoms with van der Waals surface area (Å²) in [6, 6.07) is 10.8. The molecule has 0 aliphatic heterocycles. The Morgan fingerprint density at radius 3 is 1.19 bits per heavy atom. The summed E-state index contributed by atoms with van der Waals surface area (Å²) in [7, 11) is 0. The highest BCUT2D eigenvalue weighted by Gasteiger charge is 2.39. The summed E-state index contributed by atoms with van der Waals surface area (Å²) in [6.07, 6.45) is 13.6. The number of hydrogen-bond acceptors (Lipinski definition) is 5. The van der Waals surface area contributed by atoms with Crippen LogP contribution in [0.25, 0.3) is 0 Å². The average molecular weight is 514 g/mol. The molecule has 0 amide bonds. The highest BCUT2D eigenvalue weighted by atomic mass is 16.3. The van der Waals surface area contributed by atoms with Crippen molar-refractivity contribution in [1.29, 1.82) is 0 Å². The molecule has 8 atom stereocenters. The van der Waals surface area contributed by atoms with Crippen molar-refractivity contribution in [2.45, 2.75) is 114 Å². The molecule has 37 heavy (non-hydrogen) atoms. The maximum atomic E-state index is 10.3. The monoisotopic (exact) mass is 513 g/mol. The molecule has 5 nitrogen and oxygen atoms in total. The molecule has 4 N–H and O–H groups in total. The van der Waals surface area contributed by atoms with Gasteiger partial charge in [0.2, 0.25) is 0 Å². The number of nitrogens with zero attached hydrogens (tertiary/aromatic N) is 1. The third-order valence-corrected chi connectivity index (χ3v) is 10.8. The SMILES string of the molecule is OC1CCC(C(CCN(CCC(C2CCC(O)C2)C2CCC(O)C2)c2ccccc2)C2CCC(O)C2)C1. The Kier molecular flexibility index (Phi) is 9.49. The quantitative estimate of drug-likeness (QED) is 0.329. The van der Waals surface area contributed by atoms with Gasteiger partial charge in [0, 0.05) is 18.8 Å². The fraction of sp³-hybridized carbons (Fsp3) is 0.812. The van der Waals surface area contributed by atoms with Gasteiger partial charge in [-0.3, -0.25) is 0 Å². The van der Waals surface area contributed by atoms with Gasteiger partial charge < -0.3 is 25.3 Å². The van der Waals surface area contributed by atoms with Crippen LogP contribution in [-0.2, 0) is 0 Å². The van der Waals surface area contributed by atoms with Crippen LogP contribution in [0.15, 0.2) is 30.3 Å². The first-order chi connectivity index (χ1) is 18.0. The minimum absolute atomic E-state index is 0.145. The second-order valence-corrected chi connectivity index (χ2v) is 13.1. The zero-order valence-corrected chi connectivity index (χ0v) is 22.7. The second-order valence-electron chi connectivity index (χ2n) is 13.1. The molecule has 208 valence electrons. The van der Waals surface area contributed by atoms with Crippen LogP contribution in [0.5, 0.6) is 0 Å². The van der Waals surface area contributed by atoms with E-state index in [9.17, 15) is 20.4 Å². The van der Waals surface area contributed by atoms with Crippen LogP contribution in [0.1, 0.15) is 89.9 Å². The smallest absolute Gasteiger partial charge is 0.0543 e. The first kappa shape index (κ1) is 27.4. The van der Waals surface area contributed by atoms with Gasteiger partial charge in [0.25, 0.3) is 0 Å². The molecule has 0 heterocycles. The summed E-state index contributed by atoms with van der Waals surface area (Å²) in [5.41, 5.74) is 1.29. The van der Waals surface area contributed by atoms with Crippen LogP contribution in [0.3, 0.4) is 0 Å². The third kappa shape index (κ3) is 7.09. The summed E-state index contributed by atoms with van der Waals surface area (Å²) in [5.74, 6) is 3.47. The van der Waals surface area contributed by atoms with Crippen molar-refractivity contribution in [2.75, 3.05) is 18.0 Å². The van der Waals surface area contributed by atoms with Crippen LogP contribution in [0.2, 0.25) is 0 Å². The molecule has 8 unspecified atom stereocenters. The minimum atomic E-state index is -0.145. The number of aliphatic hydroxyl groups is 4. The Labute approximate surface area is 224 Å². The lowest BCUT2D eigenvalue weighted by molar-refractivity contribution is 0.139. The van der Waals surface area contributed by atoms with Crippen molar-refractivity contribution < 1.29 is 20.4 Å². The van der Waals surface area contributed by atoms with Crippen LogP contribution in [0, 0.1) is 35.5 Å². The van der Waals surface area contributed by atoms with E-state index >= 15 is 0 Å². The molecule has 4 fully saturated rings. The van der Waals surface area contributed by atoms with Gasteiger partial charge in [0.1, 0.15) is 0 Å². The van der Waals surface area contributed by atoms with E-state index in [1.165, 1.54) is 5.69 Å². The van der Waals surface area contributed by atoms with Crippen molar-refractivity contribution in [1.82, 2.24) is 0 Å². The summed E-state index contributed by atoms with van der Waals surface area (Å²) in [5, 5.41) is 41.2. The van der Waals surface area contributed by atoms with Gasteiger partial charge >= 0.3 is 0 Å². The van der Waals surface area contributed by atoms with Gasteiger partial charge in [-0.25, -0.2) is 0 Å². The standard InChI is InChI=1S/C32H51NO4/c34-27-10-6-22(18-27)31(23-7-11-28(35)19-23)14-16-33(26-4-2-1-3-5-26)17-15-32(24-8-12-29(36)20-24)25-9-13-30(37)21-25/h1-5,22-25,27-32,34-37H,6-21H2. The van der Waals surface area contributed by atoms with E-state index in [1.54, 1.807) is 0 Å². The zero-order chi connectivity index (χ0) is 25.8. The number of aliphatic hydroxyl groups excluding tert-OH is 4. The van der Waals surface area contributed by atoms with E-state index in [1.807, 2.05) is 0 Å². The number of anilines is 1. The topological polar surface area (TPSA) is 84.2 Å². The lowest BCUT2D eigenvalue weighted by Gasteiger charge is -2.35. The molecular weight excluding hydrogens is 462 g/mol. The van der Waals surface area contributed by atoms with Crippen molar-refractivity contribution in [3.8, 4) is 0 Å². The lowest BCUT2D eigenvalue weighted by Crippen LogP contribution is -2.33. The van der Waals surface area contributed by atoms with E-state index in [-0.39, 0.29) is 24.4 Å². The number of hydrogen-bond donors (Lipinski definition) is 4. The lowest BCUT2D eigenvalue weighted by atomic mass is 9.76. The average Bonchev–Trinajstić information content (AvgIpc) is 3.69. The van der Waals surface area contributed by atoms with E-state index < -0.39 is 0 Å². The molecule has 5 rings (SSSR count). The Hall–Kier alpha value is -1.14. The highest BCUT2D eigenvalue weighted by Crippen LogP contribution is 2.45. The van der Waals surface area contributed by atoms with Gasteiger partial charge in [-0.05, 0) is 138 Å². The van der Waals surface area contributed by atoms with Crippen LogP contribution < -0.4 is 4.90 Å². The molecule has 1 aromatic carbocycles. The second kappa shape index (κ2) is 12.8.